The Bertz CT molecular complexity index is 680. The Morgan fingerprint density at radius 3 is 2.61 bits per heavy atom. The van der Waals surface area contributed by atoms with Crippen LogP contribution < -0.4 is 15.4 Å². The minimum absolute atomic E-state index is 0.0209. The van der Waals surface area contributed by atoms with E-state index in [1.165, 1.54) is 12.1 Å². The van der Waals surface area contributed by atoms with Crippen molar-refractivity contribution in [2.45, 2.75) is 6.10 Å². The van der Waals surface area contributed by atoms with E-state index in [4.69, 9.17) is 16.3 Å². The van der Waals surface area contributed by atoms with Crippen LogP contribution in [0.5, 0.6) is 5.75 Å². The van der Waals surface area contributed by atoms with E-state index in [1.54, 1.807) is 31.4 Å². The van der Waals surface area contributed by atoms with Crippen LogP contribution >= 0.6 is 11.6 Å². The molecule has 23 heavy (non-hydrogen) atoms. The topological polar surface area (TPSA) is 70.6 Å². The van der Waals surface area contributed by atoms with Crippen molar-refractivity contribution >= 4 is 23.3 Å². The van der Waals surface area contributed by atoms with E-state index in [1.807, 2.05) is 0 Å². The number of hydrogen-bond acceptors (Lipinski definition) is 3. The zero-order valence-corrected chi connectivity index (χ0v) is 13.1. The molecule has 0 heterocycles. The summed E-state index contributed by atoms with van der Waals surface area (Å²) in [6.07, 6.45) is -0.858. The molecule has 0 saturated carbocycles. The zero-order valence-electron chi connectivity index (χ0n) is 12.3. The van der Waals surface area contributed by atoms with E-state index in [-0.39, 0.29) is 11.6 Å². The molecule has 0 bridgehead atoms. The van der Waals surface area contributed by atoms with E-state index in [2.05, 4.69) is 10.6 Å². The fraction of sp³-hybridized carbons (Fsp3) is 0.188. The predicted molar refractivity (Wildman–Crippen MR) is 86.4 cm³/mol. The molecule has 2 aromatic rings. The average molecular weight is 339 g/mol. The summed E-state index contributed by atoms with van der Waals surface area (Å²) in [6.45, 7) is 0.0209. The van der Waals surface area contributed by atoms with Crippen molar-refractivity contribution < 1.29 is 19.0 Å². The van der Waals surface area contributed by atoms with Crippen LogP contribution in [0.25, 0.3) is 0 Å². The number of urea groups is 1. The van der Waals surface area contributed by atoms with Gasteiger partial charge in [-0.2, -0.15) is 0 Å². The van der Waals surface area contributed by atoms with Gasteiger partial charge in [0.25, 0.3) is 0 Å². The van der Waals surface area contributed by atoms with Crippen LogP contribution in [0.3, 0.4) is 0 Å². The van der Waals surface area contributed by atoms with Crippen LogP contribution in [0, 0.1) is 5.82 Å². The molecule has 0 aliphatic rings. The summed E-state index contributed by atoms with van der Waals surface area (Å²) in [5.41, 5.74) is 1.00. The van der Waals surface area contributed by atoms with Gasteiger partial charge in [0.15, 0.2) is 0 Å². The third-order valence-corrected chi connectivity index (χ3v) is 3.42. The Kier molecular flexibility index (Phi) is 5.78. The number of hydrogen-bond donors (Lipinski definition) is 3. The molecule has 7 heteroatoms. The van der Waals surface area contributed by atoms with Gasteiger partial charge < -0.3 is 20.5 Å². The Morgan fingerprint density at radius 1 is 1.30 bits per heavy atom. The highest BCUT2D eigenvalue weighted by Gasteiger charge is 2.10. The highest BCUT2D eigenvalue weighted by molar-refractivity contribution is 6.31. The van der Waals surface area contributed by atoms with Crippen molar-refractivity contribution in [2.75, 3.05) is 19.0 Å². The number of carbonyl (C=O) groups excluding carboxylic acids is 1. The lowest BCUT2D eigenvalue weighted by molar-refractivity contribution is 0.175. The number of carbonyl (C=O) groups is 1. The SMILES string of the molecule is COc1ccc(C(O)CNC(=O)Nc2ccc(F)c(Cl)c2)cc1. The fourth-order valence-electron chi connectivity index (χ4n) is 1.88. The van der Waals surface area contributed by atoms with E-state index in [0.29, 0.717) is 17.0 Å². The number of rotatable bonds is 5. The molecule has 2 amide bonds. The third-order valence-electron chi connectivity index (χ3n) is 3.13. The molecule has 0 fully saturated rings. The van der Waals surface area contributed by atoms with Crippen LogP contribution in [0.15, 0.2) is 42.5 Å². The summed E-state index contributed by atoms with van der Waals surface area (Å²) in [4.78, 5) is 11.8. The maximum absolute atomic E-state index is 13.0. The number of halogens is 2. The first-order valence-corrected chi connectivity index (χ1v) is 7.19. The Hall–Kier alpha value is -2.31. The smallest absolute Gasteiger partial charge is 0.319 e. The van der Waals surface area contributed by atoms with Crippen molar-refractivity contribution in [3.05, 3.63) is 58.9 Å². The van der Waals surface area contributed by atoms with Crippen LogP contribution in [-0.2, 0) is 0 Å². The molecular formula is C16H16ClFN2O3. The largest absolute Gasteiger partial charge is 0.497 e. The summed E-state index contributed by atoms with van der Waals surface area (Å²) < 4.78 is 18.1. The average Bonchev–Trinajstić information content (AvgIpc) is 2.56. The van der Waals surface area contributed by atoms with Gasteiger partial charge in [-0.05, 0) is 35.9 Å². The zero-order chi connectivity index (χ0) is 16.8. The summed E-state index contributed by atoms with van der Waals surface area (Å²) in [7, 11) is 1.55. The first-order valence-electron chi connectivity index (χ1n) is 6.81. The molecule has 122 valence electrons. The standard InChI is InChI=1S/C16H16ClFN2O3/c1-23-12-5-2-10(3-6-12)15(21)9-19-16(22)20-11-4-7-14(18)13(17)8-11/h2-8,15,21H,9H2,1H3,(H2,19,20,22). The summed E-state index contributed by atoms with van der Waals surface area (Å²) in [5.74, 6) is 0.118. The molecular weight excluding hydrogens is 323 g/mol. The molecule has 1 atom stereocenters. The molecule has 2 aromatic carbocycles. The lowest BCUT2D eigenvalue weighted by Crippen LogP contribution is -2.32. The number of nitrogens with one attached hydrogen (secondary N) is 2. The molecule has 0 aliphatic carbocycles. The Morgan fingerprint density at radius 2 is 2.00 bits per heavy atom. The van der Waals surface area contributed by atoms with E-state index >= 15 is 0 Å². The van der Waals surface area contributed by atoms with Gasteiger partial charge in [-0.25, -0.2) is 9.18 Å². The van der Waals surface area contributed by atoms with Gasteiger partial charge >= 0.3 is 6.03 Å². The predicted octanol–water partition coefficient (Wildman–Crippen LogP) is 3.34. The number of methoxy groups -OCH3 is 1. The first kappa shape index (κ1) is 17.1. The van der Waals surface area contributed by atoms with Gasteiger partial charge in [-0.1, -0.05) is 23.7 Å². The number of ether oxygens (including phenoxy) is 1. The van der Waals surface area contributed by atoms with E-state index in [0.717, 1.165) is 6.07 Å². The maximum Gasteiger partial charge on any atom is 0.319 e. The van der Waals surface area contributed by atoms with Gasteiger partial charge in [-0.3, -0.25) is 0 Å². The normalized spacial score (nSPS) is 11.7. The molecule has 0 aromatic heterocycles. The van der Waals surface area contributed by atoms with Crippen LogP contribution in [0.1, 0.15) is 11.7 Å². The Labute approximate surface area is 138 Å². The second-order valence-corrected chi connectivity index (χ2v) is 5.16. The monoisotopic (exact) mass is 338 g/mol. The lowest BCUT2D eigenvalue weighted by atomic mass is 10.1. The van der Waals surface area contributed by atoms with Crippen molar-refractivity contribution in [3.8, 4) is 5.75 Å². The van der Waals surface area contributed by atoms with Crippen LogP contribution in [0.4, 0.5) is 14.9 Å². The minimum Gasteiger partial charge on any atom is -0.497 e. The second-order valence-electron chi connectivity index (χ2n) is 4.75. The van der Waals surface area contributed by atoms with Crippen molar-refractivity contribution in [1.82, 2.24) is 5.32 Å². The van der Waals surface area contributed by atoms with Gasteiger partial charge in [-0.15, -0.1) is 0 Å². The summed E-state index contributed by atoms with van der Waals surface area (Å²) >= 11 is 5.63. The van der Waals surface area contributed by atoms with E-state index in [9.17, 15) is 14.3 Å². The maximum atomic E-state index is 13.0. The summed E-state index contributed by atoms with van der Waals surface area (Å²) in [6, 6.07) is 10.2. The number of benzene rings is 2. The number of aliphatic hydroxyl groups is 1. The third kappa shape index (κ3) is 4.84. The van der Waals surface area contributed by atoms with Gasteiger partial charge in [0.1, 0.15) is 11.6 Å². The molecule has 0 radical (unpaired) electrons. The fourth-order valence-corrected chi connectivity index (χ4v) is 2.06. The van der Waals surface area contributed by atoms with Crippen LogP contribution in [-0.4, -0.2) is 24.8 Å². The second kappa shape index (κ2) is 7.80. The van der Waals surface area contributed by atoms with E-state index < -0.39 is 18.0 Å². The minimum atomic E-state index is -0.858. The number of amides is 2. The van der Waals surface area contributed by atoms with Crippen molar-refractivity contribution in [1.29, 1.82) is 0 Å². The van der Waals surface area contributed by atoms with Gasteiger partial charge in [0.05, 0.1) is 18.2 Å². The van der Waals surface area contributed by atoms with Crippen molar-refractivity contribution in [3.63, 3.8) is 0 Å². The number of anilines is 1. The quantitative estimate of drug-likeness (QED) is 0.783. The number of aliphatic hydroxyl groups excluding tert-OH is 1. The Balaban J connectivity index is 1.86. The molecule has 0 saturated heterocycles. The van der Waals surface area contributed by atoms with Crippen molar-refractivity contribution in [2.24, 2.45) is 0 Å². The molecule has 5 nitrogen and oxygen atoms in total. The lowest BCUT2D eigenvalue weighted by Gasteiger charge is -2.13. The molecule has 0 aliphatic heterocycles. The molecule has 2 rings (SSSR count). The highest BCUT2D eigenvalue weighted by atomic mass is 35.5. The molecule has 3 N–H and O–H groups in total. The molecule has 1 unspecified atom stereocenters. The first-order chi connectivity index (χ1) is 11.0. The molecule has 0 spiro atoms. The summed E-state index contributed by atoms with van der Waals surface area (Å²) in [5, 5.41) is 15.0. The van der Waals surface area contributed by atoms with Gasteiger partial charge in [0.2, 0.25) is 0 Å². The highest BCUT2D eigenvalue weighted by Crippen LogP contribution is 2.19. The van der Waals surface area contributed by atoms with Gasteiger partial charge in [0, 0.05) is 12.2 Å². The van der Waals surface area contributed by atoms with Crippen LogP contribution in [0.2, 0.25) is 5.02 Å².